The van der Waals surface area contributed by atoms with Crippen molar-refractivity contribution in [2.45, 2.75) is 19.9 Å². The van der Waals surface area contributed by atoms with Crippen LogP contribution in [-0.2, 0) is 13.0 Å². The van der Waals surface area contributed by atoms with Crippen LogP contribution in [0.15, 0.2) is 42.6 Å². The smallest absolute Gasteiger partial charge is 0.175 e. The van der Waals surface area contributed by atoms with E-state index in [0.717, 1.165) is 42.6 Å². The predicted octanol–water partition coefficient (Wildman–Crippen LogP) is 2.54. The highest BCUT2D eigenvalue weighted by atomic mass is 16.5. The van der Waals surface area contributed by atoms with Crippen molar-refractivity contribution in [1.82, 2.24) is 20.0 Å². The van der Waals surface area contributed by atoms with Crippen LogP contribution in [-0.4, -0.2) is 33.6 Å². The summed E-state index contributed by atoms with van der Waals surface area (Å²) in [5.41, 5.74) is 3.55. The third-order valence-electron chi connectivity index (χ3n) is 4.36. The van der Waals surface area contributed by atoms with E-state index in [1.165, 1.54) is 11.1 Å². The van der Waals surface area contributed by atoms with E-state index in [4.69, 9.17) is 4.74 Å². The van der Waals surface area contributed by atoms with Crippen molar-refractivity contribution in [3.63, 3.8) is 0 Å². The van der Waals surface area contributed by atoms with Crippen molar-refractivity contribution in [2.24, 2.45) is 0 Å². The predicted molar refractivity (Wildman–Crippen MR) is 91.6 cm³/mol. The normalized spacial score (nSPS) is 13.7. The minimum absolute atomic E-state index is 0.728. The quantitative estimate of drug-likeness (QED) is 0.742. The Balaban J connectivity index is 1.56. The van der Waals surface area contributed by atoms with Crippen molar-refractivity contribution in [1.29, 1.82) is 0 Å². The summed E-state index contributed by atoms with van der Waals surface area (Å²) in [6, 6.07) is 12.1. The molecule has 0 spiro atoms. The first-order valence-corrected chi connectivity index (χ1v) is 8.00. The van der Waals surface area contributed by atoms with Gasteiger partial charge in [-0.2, -0.15) is 5.10 Å². The van der Waals surface area contributed by atoms with Gasteiger partial charge in [-0.25, -0.2) is 4.68 Å². The number of benzene rings is 1. The highest BCUT2D eigenvalue weighted by molar-refractivity contribution is 5.48. The Morgan fingerprint density at radius 3 is 2.58 bits per heavy atom. The number of rotatable bonds is 3. The third-order valence-corrected chi connectivity index (χ3v) is 4.36. The van der Waals surface area contributed by atoms with Gasteiger partial charge in [0.05, 0.1) is 12.8 Å². The Labute approximate surface area is 140 Å². The van der Waals surface area contributed by atoms with Gasteiger partial charge >= 0.3 is 0 Å². The molecule has 3 aromatic rings. The second-order valence-corrected chi connectivity index (χ2v) is 5.92. The second-order valence-electron chi connectivity index (χ2n) is 5.92. The van der Waals surface area contributed by atoms with Gasteiger partial charge in [-0.3, -0.25) is 0 Å². The molecule has 4 rings (SSSR count). The molecule has 1 aromatic carbocycles. The van der Waals surface area contributed by atoms with Crippen LogP contribution in [0.2, 0.25) is 0 Å². The summed E-state index contributed by atoms with van der Waals surface area (Å²) < 4.78 is 7.20. The lowest BCUT2D eigenvalue weighted by molar-refractivity contribution is 0.407. The molecule has 0 aliphatic carbocycles. The summed E-state index contributed by atoms with van der Waals surface area (Å²) in [7, 11) is 1.73. The Bertz CT molecular complexity index is 856. The van der Waals surface area contributed by atoms with E-state index in [2.05, 4.69) is 26.3 Å². The zero-order valence-corrected chi connectivity index (χ0v) is 13.8. The van der Waals surface area contributed by atoms with Gasteiger partial charge in [0.15, 0.2) is 11.6 Å². The number of fused-ring (bicyclic) bond motifs is 1. The van der Waals surface area contributed by atoms with Crippen molar-refractivity contribution in [3.8, 4) is 11.6 Å². The van der Waals surface area contributed by atoms with Crippen LogP contribution in [0.3, 0.4) is 0 Å². The van der Waals surface area contributed by atoms with Crippen molar-refractivity contribution in [3.05, 3.63) is 59.4 Å². The first kappa shape index (κ1) is 14.7. The minimum atomic E-state index is 0.728. The lowest BCUT2D eigenvalue weighted by Crippen LogP contribution is -2.31. The molecule has 0 saturated carbocycles. The van der Waals surface area contributed by atoms with Gasteiger partial charge in [-0.1, -0.05) is 12.1 Å². The molecule has 1 aliphatic rings. The minimum Gasteiger partial charge on any atom is -0.496 e. The molecule has 0 bridgehead atoms. The first-order chi connectivity index (χ1) is 11.7. The molecule has 0 radical (unpaired) electrons. The molecule has 3 heterocycles. The van der Waals surface area contributed by atoms with Crippen LogP contribution in [0.25, 0.3) is 5.82 Å². The number of hydrogen-bond donors (Lipinski definition) is 0. The van der Waals surface area contributed by atoms with Gasteiger partial charge in [0.25, 0.3) is 0 Å². The summed E-state index contributed by atoms with van der Waals surface area (Å²) >= 11 is 0. The molecule has 6 heteroatoms. The number of nitrogens with zero attached hydrogens (tertiary/aromatic N) is 5. The Hall–Kier alpha value is -2.89. The zero-order chi connectivity index (χ0) is 16.5. The highest BCUT2D eigenvalue weighted by Crippen LogP contribution is 2.29. The number of ether oxygens (including phenoxy) is 1. The molecule has 122 valence electrons. The topological polar surface area (TPSA) is 56.1 Å². The van der Waals surface area contributed by atoms with E-state index in [0.29, 0.717) is 0 Å². The molecule has 1 aliphatic heterocycles. The van der Waals surface area contributed by atoms with Gasteiger partial charge in [0.2, 0.25) is 0 Å². The fraction of sp³-hybridized carbons (Fsp3) is 0.278. The van der Waals surface area contributed by atoms with E-state index in [1.807, 2.05) is 43.5 Å². The SMILES string of the molecule is COc1cccc2c1CCN(c1ccc(-n3ccc(C)n3)nn1)C2. The van der Waals surface area contributed by atoms with Crippen LogP contribution in [0.4, 0.5) is 5.82 Å². The molecule has 6 nitrogen and oxygen atoms in total. The van der Waals surface area contributed by atoms with Gasteiger partial charge in [0, 0.05) is 24.8 Å². The van der Waals surface area contributed by atoms with Gasteiger partial charge in [-0.15, -0.1) is 10.2 Å². The van der Waals surface area contributed by atoms with Crippen molar-refractivity contribution >= 4 is 5.82 Å². The van der Waals surface area contributed by atoms with Crippen LogP contribution in [0.5, 0.6) is 5.75 Å². The van der Waals surface area contributed by atoms with E-state index in [1.54, 1.807) is 11.8 Å². The standard InChI is InChI=1S/C18H19N5O/c1-13-8-11-23(21-13)18-7-6-17(19-20-18)22-10-9-15-14(12-22)4-3-5-16(15)24-2/h3-8,11H,9-10,12H2,1-2H3. The fourth-order valence-corrected chi connectivity index (χ4v) is 3.11. The summed E-state index contributed by atoms with van der Waals surface area (Å²) in [4.78, 5) is 2.24. The monoisotopic (exact) mass is 321 g/mol. The van der Waals surface area contributed by atoms with E-state index in [9.17, 15) is 0 Å². The summed E-state index contributed by atoms with van der Waals surface area (Å²) in [5, 5.41) is 13.1. The Morgan fingerprint density at radius 1 is 1.04 bits per heavy atom. The molecule has 24 heavy (non-hydrogen) atoms. The van der Waals surface area contributed by atoms with Gasteiger partial charge in [0.1, 0.15) is 5.75 Å². The maximum Gasteiger partial charge on any atom is 0.175 e. The summed E-state index contributed by atoms with van der Waals surface area (Å²) in [6.45, 7) is 3.68. The molecule has 0 amide bonds. The van der Waals surface area contributed by atoms with Crippen LogP contribution in [0.1, 0.15) is 16.8 Å². The van der Waals surface area contributed by atoms with Gasteiger partial charge in [-0.05, 0) is 43.2 Å². The molecular formula is C18H19N5O. The lowest BCUT2D eigenvalue weighted by Gasteiger charge is -2.30. The van der Waals surface area contributed by atoms with Crippen LogP contribution < -0.4 is 9.64 Å². The number of aryl methyl sites for hydroxylation is 1. The van der Waals surface area contributed by atoms with Crippen LogP contribution >= 0.6 is 0 Å². The highest BCUT2D eigenvalue weighted by Gasteiger charge is 2.20. The summed E-state index contributed by atoms with van der Waals surface area (Å²) in [6.07, 6.45) is 2.84. The van der Waals surface area contributed by atoms with Crippen molar-refractivity contribution in [2.75, 3.05) is 18.6 Å². The third kappa shape index (κ3) is 2.60. The molecule has 0 N–H and O–H groups in total. The number of aromatic nitrogens is 4. The second kappa shape index (κ2) is 5.96. The number of anilines is 1. The van der Waals surface area contributed by atoms with Crippen LogP contribution in [0, 0.1) is 6.92 Å². The molecule has 0 atom stereocenters. The fourth-order valence-electron chi connectivity index (χ4n) is 3.11. The van der Waals surface area contributed by atoms with E-state index in [-0.39, 0.29) is 0 Å². The molecule has 0 fully saturated rings. The number of hydrogen-bond acceptors (Lipinski definition) is 5. The van der Waals surface area contributed by atoms with Crippen molar-refractivity contribution < 1.29 is 4.74 Å². The first-order valence-electron chi connectivity index (χ1n) is 8.00. The molecule has 0 unspecified atom stereocenters. The Morgan fingerprint density at radius 2 is 1.88 bits per heavy atom. The maximum absolute atomic E-state index is 5.46. The average molecular weight is 321 g/mol. The Kier molecular flexibility index (Phi) is 3.65. The molecular weight excluding hydrogens is 302 g/mol. The zero-order valence-electron chi connectivity index (χ0n) is 13.8. The van der Waals surface area contributed by atoms with E-state index < -0.39 is 0 Å². The number of methoxy groups -OCH3 is 1. The lowest BCUT2D eigenvalue weighted by atomic mass is 9.99. The average Bonchev–Trinajstić information content (AvgIpc) is 3.07. The summed E-state index contributed by atoms with van der Waals surface area (Å²) in [5.74, 6) is 2.59. The van der Waals surface area contributed by atoms with Gasteiger partial charge < -0.3 is 9.64 Å². The van der Waals surface area contributed by atoms with E-state index >= 15 is 0 Å². The molecule has 2 aromatic heterocycles. The molecule has 0 saturated heterocycles. The maximum atomic E-state index is 5.46. The largest absolute Gasteiger partial charge is 0.496 e.